The molecule has 3 aliphatic rings. The molecule has 10 heteroatoms. The second kappa shape index (κ2) is 11.7. The van der Waals surface area contributed by atoms with Crippen molar-refractivity contribution in [2.75, 3.05) is 19.8 Å². The number of Topliss-reactive ketones (excluding diaryl/α,β-unsaturated/α-hetero) is 1. The van der Waals surface area contributed by atoms with Crippen LogP contribution in [-0.4, -0.2) is 72.2 Å². The number of carbonyl (C=O) groups excluding carboxylic acids is 5. The van der Waals surface area contributed by atoms with Crippen molar-refractivity contribution in [3.8, 4) is 0 Å². The number of nitrogens with one attached hydrogen (secondary N) is 2. The van der Waals surface area contributed by atoms with E-state index in [0.717, 1.165) is 12.8 Å². The number of carbonyl (C=O) groups is 5. The molecule has 3 fully saturated rings. The molecule has 2 saturated heterocycles. The summed E-state index contributed by atoms with van der Waals surface area (Å²) in [5.74, 6) is -3.14. The number of primary amides is 1. The Morgan fingerprint density at radius 1 is 1.03 bits per heavy atom. The fraction of sp³-hybridized carbons (Fsp3) is 0.808. The largest absolute Gasteiger partial charge is 0.381 e. The zero-order chi connectivity index (χ0) is 26.7. The molecule has 0 aromatic rings. The number of hydrogen-bond acceptors (Lipinski definition) is 6. The summed E-state index contributed by atoms with van der Waals surface area (Å²) in [6.45, 7) is 10.8. The zero-order valence-corrected chi connectivity index (χ0v) is 22.1. The summed E-state index contributed by atoms with van der Waals surface area (Å²) in [5.41, 5.74) is 5.26. The Balaban J connectivity index is 1.88. The molecule has 0 spiro atoms. The van der Waals surface area contributed by atoms with E-state index in [-0.39, 0.29) is 47.3 Å². The van der Waals surface area contributed by atoms with E-state index in [9.17, 15) is 24.0 Å². The van der Waals surface area contributed by atoms with Crippen molar-refractivity contribution < 1.29 is 28.7 Å². The number of nitrogens with two attached hydrogens (primary N) is 1. The van der Waals surface area contributed by atoms with Crippen LogP contribution in [0.4, 0.5) is 0 Å². The number of ketones is 1. The van der Waals surface area contributed by atoms with E-state index in [2.05, 4.69) is 10.6 Å². The molecule has 4 amide bonds. The van der Waals surface area contributed by atoms with Gasteiger partial charge in [0.1, 0.15) is 12.1 Å². The molecule has 0 bridgehead atoms. The summed E-state index contributed by atoms with van der Waals surface area (Å²) in [7, 11) is 0. The minimum atomic E-state index is -1.08. The van der Waals surface area contributed by atoms with E-state index in [1.807, 2.05) is 20.8 Å². The number of rotatable bonds is 11. The molecule has 3 rings (SSSR count). The van der Waals surface area contributed by atoms with Crippen LogP contribution in [0.2, 0.25) is 0 Å². The van der Waals surface area contributed by atoms with Crippen molar-refractivity contribution >= 4 is 29.4 Å². The molecular formula is C26H42N4O6. The van der Waals surface area contributed by atoms with Crippen LogP contribution in [0.15, 0.2) is 0 Å². The minimum Gasteiger partial charge on any atom is -0.381 e. The van der Waals surface area contributed by atoms with Crippen molar-refractivity contribution in [3.63, 3.8) is 0 Å². The highest BCUT2D eigenvalue weighted by atomic mass is 16.5. The van der Waals surface area contributed by atoms with Crippen LogP contribution in [0, 0.1) is 35.5 Å². The Bertz CT molecular complexity index is 864. The second-order valence-electron chi connectivity index (χ2n) is 11.5. The van der Waals surface area contributed by atoms with Crippen LogP contribution in [0.1, 0.15) is 60.3 Å². The fourth-order valence-electron chi connectivity index (χ4n) is 5.67. The lowest BCUT2D eigenvalue weighted by atomic mass is 9.82. The van der Waals surface area contributed by atoms with E-state index >= 15 is 0 Å². The standard InChI is InChI=1S/C26H42N4O6/c1-13(2)19-15(5)11-30(26(35)20(17-8-9-36-12-17)29-24(33)14(3)4)21(19)25(34)28-18(10-16-6-7-16)22(31)23(27)32/h13-21H,6-12H2,1-5H3,(H2,27,32)(H,28,34)(H,29,33)/t15-,17?,18?,19-,20?,21-/m0/s1. The summed E-state index contributed by atoms with van der Waals surface area (Å²) in [6, 6.07) is -2.62. The number of ether oxygens (including phenoxy) is 1. The predicted molar refractivity (Wildman–Crippen MR) is 132 cm³/mol. The SMILES string of the molecule is CC(C)C(=O)NC(C(=O)N1C[C@H](C)[C@H](C(C)C)[C@H]1C(=O)NC(CC1CC1)C(=O)C(N)=O)C1CCOC1. The van der Waals surface area contributed by atoms with E-state index in [1.54, 1.807) is 18.7 Å². The number of amides is 4. The number of hydrogen-bond donors (Lipinski definition) is 3. The van der Waals surface area contributed by atoms with Gasteiger partial charge < -0.3 is 26.0 Å². The molecule has 10 nitrogen and oxygen atoms in total. The Morgan fingerprint density at radius 2 is 1.69 bits per heavy atom. The molecule has 6 atom stereocenters. The van der Waals surface area contributed by atoms with Gasteiger partial charge in [0, 0.05) is 25.0 Å². The highest BCUT2D eigenvalue weighted by Crippen LogP contribution is 2.37. The summed E-state index contributed by atoms with van der Waals surface area (Å²) in [5, 5.41) is 5.68. The predicted octanol–water partition coefficient (Wildman–Crippen LogP) is 0.622. The summed E-state index contributed by atoms with van der Waals surface area (Å²) >= 11 is 0. The summed E-state index contributed by atoms with van der Waals surface area (Å²) in [4.78, 5) is 66.0. The minimum absolute atomic E-state index is 0.0275. The molecule has 0 radical (unpaired) electrons. The lowest BCUT2D eigenvalue weighted by molar-refractivity contribution is -0.145. The Hall–Kier alpha value is -2.49. The third kappa shape index (κ3) is 6.44. The molecule has 1 aliphatic carbocycles. The monoisotopic (exact) mass is 506 g/mol. The van der Waals surface area contributed by atoms with Crippen LogP contribution < -0.4 is 16.4 Å². The molecule has 2 heterocycles. The quantitative estimate of drug-likeness (QED) is 0.350. The van der Waals surface area contributed by atoms with Gasteiger partial charge in [-0.25, -0.2) is 0 Å². The van der Waals surface area contributed by atoms with Gasteiger partial charge in [-0.3, -0.25) is 24.0 Å². The van der Waals surface area contributed by atoms with Gasteiger partial charge in [-0.15, -0.1) is 0 Å². The maximum absolute atomic E-state index is 14.0. The normalized spacial score (nSPS) is 27.7. The fourth-order valence-corrected chi connectivity index (χ4v) is 5.67. The Morgan fingerprint density at radius 3 is 2.19 bits per heavy atom. The van der Waals surface area contributed by atoms with Gasteiger partial charge in [0.15, 0.2) is 0 Å². The smallest absolute Gasteiger partial charge is 0.287 e. The zero-order valence-electron chi connectivity index (χ0n) is 22.1. The highest BCUT2D eigenvalue weighted by Gasteiger charge is 2.50. The first-order valence-corrected chi connectivity index (χ1v) is 13.2. The highest BCUT2D eigenvalue weighted by molar-refractivity contribution is 6.37. The van der Waals surface area contributed by atoms with E-state index in [4.69, 9.17) is 10.5 Å². The molecule has 202 valence electrons. The van der Waals surface area contributed by atoms with Crippen LogP contribution in [-0.2, 0) is 28.7 Å². The Labute approximate surface area is 213 Å². The van der Waals surface area contributed by atoms with Gasteiger partial charge in [0.2, 0.25) is 23.5 Å². The molecule has 0 aromatic carbocycles. The van der Waals surface area contributed by atoms with Gasteiger partial charge in [0.05, 0.1) is 12.6 Å². The first kappa shape index (κ1) is 28.1. The molecule has 36 heavy (non-hydrogen) atoms. The van der Waals surface area contributed by atoms with Crippen molar-refractivity contribution in [2.24, 2.45) is 41.2 Å². The average Bonchev–Trinajstić information content (AvgIpc) is 3.31. The van der Waals surface area contributed by atoms with Crippen molar-refractivity contribution in [1.82, 2.24) is 15.5 Å². The van der Waals surface area contributed by atoms with Gasteiger partial charge in [-0.2, -0.15) is 0 Å². The maximum Gasteiger partial charge on any atom is 0.287 e. The maximum atomic E-state index is 14.0. The molecule has 2 aliphatic heterocycles. The summed E-state index contributed by atoms with van der Waals surface area (Å²) in [6.07, 6.45) is 2.89. The molecule has 3 unspecified atom stereocenters. The topological polar surface area (TPSA) is 148 Å². The lowest BCUT2D eigenvalue weighted by Crippen LogP contribution is -2.59. The van der Waals surface area contributed by atoms with E-state index in [0.29, 0.717) is 32.6 Å². The van der Waals surface area contributed by atoms with Gasteiger partial charge >= 0.3 is 0 Å². The third-order valence-corrected chi connectivity index (χ3v) is 7.83. The van der Waals surface area contributed by atoms with Crippen molar-refractivity contribution in [2.45, 2.75) is 78.4 Å². The van der Waals surface area contributed by atoms with Crippen LogP contribution in [0.3, 0.4) is 0 Å². The summed E-state index contributed by atoms with van der Waals surface area (Å²) < 4.78 is 5.51. The molecule has 0 aromatic heterocycles. The molecule has 1 saturated carbocycles. The van der Waals surface area contributed by atoms with E-state index < -0.39 is 35.7 Å². The lowest BCUT2D eigenvalue weighted by Gasteiger charge is -2.34. The van der Waals surface area contributed by atoms with Crippen molar-refractivity contribution in [1.29, 1.82) is 0 Å². The first-order chi connectivity index (χ1) is 16.9. The second-order valence-corrected chi connectivity index (χ2v) is 11.5. The Kier molecular flexibility index (Phi) is 9.13. The van der Waals surface area contributed by atoms with Crippen LogP contribution >= 0.6 is 0 Å². The van der Waals surface area contributed by atoms with Crippen molar-refractivity contribution in [3.05, 3.63) is 0 Å². The van der Waals surface area contributed by atoms with E-state index in [1.165, 1.54) is 0 Å². The number of nitrogens with zero attached hydrogens (tertiary/aromatic N) is 1. The van der Waals surface area contributed by atoms with Gasteiger partial charge in [-0.05, 0) is 36.5 Å². The van der Waals surface area contributed by atoms with Gasteiger partial charge in [0.25, 0.3) is 5.91 Å². The molecular weight excluding hydrogens is 464 g/mol. The molecule has 4 N–H and O–H groups in total. The first-order valence-electron chi connectivity index (χ1n) is 13.2. The van der Waals surface area contributed by atoms with Gasteiger partial charge in [-0.1, -0.05) is 47.5 Å². The number of likely N-dealkylation sites (tertiary alicyclic amines) is 1. The average molecular weight is 507 g/mol. The van der Waals surface area contributed by atoms with Crippen LogP contribution in [0.5, 0.6) is 0 Å². The van der Waals surface area contributed by atoms with Crippen LogP contribution in [0.25, 0.3) is 0 Å². The third-order valence-electron chi connectivity index (χ3n) is 7.83.